The largest absolute Gasteiger partial charge is 0.341 e. The van der Waals surface area contributed by atoms with E-state index in [1.165, 1.54) is 0 Å². The van der Waals surface area contributed by atoms with Gasteiger partial charge in [0.05, 0.1) is 11.4 Å². The Morgan fingerprint density at radius 1 is 1.11 bits per heavy atom. The van der Waals surface area contributed by atoms with Crippen LogP contribution in [0.3, 0.4) is 0 Å². The highest BCUT2D eigenvalue weighted by Gasteiger charge is 2.07. The van der Waals surface area contributed by atoms with E-state index < -0.39 is 0 Å². The molecule has 1 aliphatic carbocycles. The van der Waals surface area contributed by atoms with Crippen LogP contribution in [-0.2, 0) is 0 Å². The zero-order valence-corrected chi connectivity index (χ0v) is 10.8. The zero-order valence-electron chi connectivity index (χ0n) is 10.8. The molecule has 1 aliphatic rings. The van der Waals surface area contributed by atoms with Crippen LogP contribution in [0.2, 0.25) is 0 Å². The van der Waals surface area contributed by atoms with E-state index in [0.717, 1.165) is 29.9 Å². The molecule has 0 spiro atoms. The van der Waals surface area contributed by atoms with E-state index in [0.29, 0.717) is 0 Å². The summed E-state index contributed by atoms with van der Waals surface area (Å²) in [4.78, 5) is 11.1. The number of allylic oxidation sites excluding steroid dienone is 4. The van der Waals surface area contributed by atoms with Gasteiger partial charge in [-0.1, -0.05) is 18.2 Å². The Kier molecular flexibility index (Phi) is 4.44. The summed E-state index contributed by atoms with van der Waals surface area (Å²) >= 11 is 0. The average molecular weight is 256 g/mol. The first-order valence-corrected chi connectivity index (χ1v) is 6.13. The quantitative estimate of drug-likeness (QED) is 0.801. The van der Waals surface area contributed by atoms with Crippen LogP contribution < -0.4 is 10.6 Å². The summed E-state index contributed by atoms with van der Waals surface area (Å²) in [5, 5.41) is 13.6. The average Bonchev–Trinajstić information content (AvgIpc) is 2.47. The predicted octanol–water partition coefficient (Wildman–Crippen LogP) is 3.26. The highest BCUT2D eigenvalue weighted by Crippen LogP contribution is 2.20. The standard InChI is InChI=1S/C14H16N4O/c1-15-14(19)16-11-7-9-13(10-8-11)18-17-12-5-3-2-4-6-12/h2-7,9H,8,10H2,1H3,(H2,15,16,19). The predicted molar refractivity (Wildman–Crippen MR) is 73.9 cm³/mol. The minimum atomic E-state index is -0.200. The molecule has 2 N–H and O–H groups in total. The summed E-state index contributed by atoms with van der Waals surface area (Å²) in [6.45, 7) is 0. The first-order valence-electron chi connectivity index (χ1n) is 6.13. The van der Waals surface area contributed by atoms with Crippen molar-refractivity contribution < 1.29 is 4.79 Å². The second kappa shape index (κ2) is 6.49. The summed E-state index contributed by atoms with van der Waals surface area (Å²) < 4.78 is 0. The molecule has 0 aromatic heterocycles. The number of benzene rings is 1. The van der Waals surface area contributed by atoms with E-state index in [4.69, 9.17) is 0 Å². The van der Waals surface area contributed by atoms with Crippen molar-refractivity contribution in [3.63, 3.8) is 0 Å². The van der Waals surface area contributed by atoms with Crippen molar-refractivity contribution in [3.05, 3.63) is 53.9 Å². The van der Waals surface area contributed by atoms with Crippen LogP contribution in [0, 0.1) is 0 Å². The van der Waals surface area contributed by atoms with Gasteiger partial charge in [-0.05, 0) is 37.1 Å². The molecule has 1 aromatic carbocycles. The molecular weight excluding hydrogens is 240 g/mol. The lowest BCUT2D eigenvalue weighted by molar-refractivity contribution is 0.245. The van der Waals surface area contributed by atoms with Gasteiger partial charge in [-0.2, -0.15) is 10.2 Å². The van der Waals surface area contributed by atoms with Gasteiger partial charge in [-0.3, -0.25) is 0 Å². The Hall–Kier alpha value is -2.43. The van der Waals surface area contributed by atoms with Gasteiger partial charge < -0.3 is 10.6 Å². The van der Waals surface area contributed by atoms with Gasteiger partial charge in [0, 0.05) is 12.7 Å². The first kappa shape index (κ1) is 13.0. The minimum absolute atomic E-state index is 0.200. The molecule has 5 nitrogen and oxygen atoms in total. The molecule has 1 aromatic rings. The van der Waals surface area contributed by atoms with Crippen LogP contribution in [0.15, 0.2) is 64.1 Å². The maximum absolute atomic E-state index is 11.1. The number of carbonyl (C=O) groups is 1. The van der Waals surface area contributed by atoms with E-state index in [1.54, 1.807) is 7.05 Å². The summed E-state index contributed by atoms with van der Waals surface area (Å²) in [5.41, 5.74) is 2.63. The van der Waals surface area contributed by atoms with Gasteiger partial charge in [-0.25, -0.2) is 4.79 Å². The fourth-order valence-corrected chi connectivity index (χ4v) is 1.64. The fourth-order valence-electron chi connectivity index (χ4n) is 1.64. The van der Waals surface area contributed by atoms with Crippen LogP contribution in [0.1, 0.15) is 12.8 Å². The van der Waals surface area contributed by atoms with Gasteiger partial charge in [0.15, 0.2) is 0 Å². The third-order valence-corrected chi connectivity index (χ3v) is 2.68. The van der Waals surface area contributed by atoms with Crippen molar-refractivity contribution in [1.82, 2.24) is 10.6 Å². The smallest absolute Gasteiger partial charge is 0.318 e. The molecule has 0 fully saturated rings. The van der Waals surface area contributed by atoms with E-state index >= 15 is 0 Å². The number of azo groups is 1. The molecule has 0 heterocycles. The van der Waals surface area contributed by atoms with Crippen molar-refractivity contribution >= 4 is 11.7 Å². The highest BCUT2D eigenvalue weighted by molar-refractivity contribution is 5.75. The third kappa shape index (κ3) is 4.06. The summed E-state index contributed by atoms with van der Waals surface area (Å²) in [6, 6.07) is 9.40. The molecule has 98 valence electrons. The molecule has 0 atom stereocenters. The Morgan fingerprint density at radius 3 is 2.53 bits per heavy atom. The number of nitrogens with one attached hydrogen (secondary N) is 2. The summed E-state index contributed by atoms with van der Waals surface area (Å²) in [7, 11) is 1.59. The molecule has 19 heavy (non-hydrogen) atoms. The molecule has 0 aliphatic heterocycles. The maximum Gasteiger partial charge on any atom is 0.318 e. The Bertz CT molecular complexity index is 532. The molecule has 2 rings (SSSR count). The minimum Gasteiger partial charge on any atom is -0.341 e. The monoisotopic (exact) mass is 256 g/mol. The van der Waals surface area contributed by atoms with Gasteiger partial charge in [-0.15, -0.1) is 0 Å². The first-order chi connectivity index (χ1) is 9.28. The lowest BCUT2D eigenvalue weighted by Gasteiger charge is -2.12. The van der Waals surface area contributed by atoms with Crippen LogP contribution in [0.25, 0.3) is 0 Å². The molecule has 0 unspecified atom stereocenters. The number of urea groups is 1. The van der Waals surface area contributed by atoms with E-state index in [-0.39, 0.29) is 6.03 Å². The number of hydrogen-bond donors (Lipinski definition) is 2. The Morgan fingerprint density at radius 2 is 1.89 bits per heavy atom. The van der Waals surface area contributed by atoms with Gasteiger partial charge in [0.25, 0.3) is 0 Å². The van der Waals surface area contributed by atoms with E-state index in [9.17, 15) is 4.79 Å². The molecular formula is C14H16N4O. The van der Waals surface area contributed by atoms with Gasteiger partial charge in [0.2, 0.25) is 0 Å². The van der Waals surface area contributed by atoms with E-state index in [2.05, 4.69) is 20.9 Å². The number of carbonyl (C=O) groups excluding carboxylic acids is 1. The maximum atomic E-state index is 11.1. The van der Waals surface area contributed by atoms with Crippen molar-refractivity contribution in [2.75, 3.05) is 7.05 Å². The van der Waals surface area contributed by atoms with Crippen molar-refractivity contribution in [3.8, 4) is 0 Å². The Labute approximate surface area is 112 Å². The molecule has 5 heteroatoms. The normalized spacial score (nSPS) is 14.8. The van der Waals surface area contributed by atoms with Crippen molar-refractivity contribution in [2.45, 2.75) is 12.8 Å². The van der Waals surface area contributed by atoms with E-state index in [1.807, 2.05) is 42.5 Å². The van der Waals surface area contributed by atoms with Gasteiger partial charge in [0.1, 0.15) is 0 Å². The highest BCUT2D eigenvalue weighted by atomic mass is 16.2. The van der Waals surface area contributed by atoms with Crippen molar-refractivity contribution in [2.24, 2.45) is 10.2 Å². The number of nitrogens with zero attached hydrogens (tertiary/aromatic N) is 2. The van der Waals surface area contributed by atoms with Crippen LogP contribution in [0.4, 0.5) is 10.5 Å². The molecule has 0 bridgehead atoms. The molecule has 2 amide bonds. The Balaban J connectivity index is 1.97. The lowest BCUT2D eigenvalue weighted by atomic mass is 10.1. The number of amides is 2. The molecule has 0 radical (unpaired) electrons. The topological polar surface area (TPSA) is 65.8 Å². The van der Waals surface area contributed by atoms with Crippen LogP contribution >= 0.6 is 0 Å². The number of hydrogen-bond acceptors (Lipinski definition) is 3. The van der Waals surface area contributed by atoms with Crippen LogP contribution in [0.5, 0.6) is 0 Å². The van der Waals surface area contributed by atoms with Crippen LogP contribution in [-0.4, -0.2) is 13.1 Å². The third-order valence-electron chi connectivity index (χ3n) is 2.68. The lowest BCUT2D eigenvalue weighted by Crippen LogP contribution is -2.32. The summed E-state index contributed by atoms with van der Waals surface area (Å²) in [5.74, 6) is 0. The molecule has 0 saturated carbocycles. The fraction of sp³-hybridized carbons (Fsp3) is 0.214. The van der Waals surface area contributed by atoms with Crippen molar-refractivity contribution in [1.29, 1.82) is 0 Å². The summed E-state index contributed by atoms with van der Waals surface area (Å²) in [6.07, 6.45) is 5.26. The second-order valence-electron chi connectivity index (χ2n) is 4.09. The van der Waals surface area contributed by atoms with Gasteiger partial charge >= 0.3 is 6.03 Å². The zero-order chi connectivity index (χ0) is 13.5. The SMILES string of the molecule is CNC(=O)NC1=CC=C(N=Nc2ccccc2)CC1. The molecule has 0 saturated heterocycles. The number of rotatable bonds is 3. The second-order valence-corrected chi connectivity index (χ2v) is 4.09.